The lowest BCUT2D eigenvalue weighted by Crippen LogP contribution is -2.52. The predicted octanol–water partition coefficient (Wildman–Crippen LogP) is 0.697. The molecule has 1 fully saturated rings. The van der Waals surface area contributed by atoms with E-state index in [4.69, 9.17) is 10.00 Å². The Morgan fingerprint density at radius 2 is 2.15 bits per heavy atom. The first-order valence-corrected chi connectivity index (χ1v) is 9.06. The second-order valence-corrected chi connectivity index (χ2v) is 6.75. The van der Waals surface area contributed by atoms with E-state index >= 15 is 0 Å². The minimum absolute atomic E-state index is 0.397. The number of nitrogens with zero attached hydrogens (tertiary/aromatic N) is 3. The minimum Gasteiger partial charge on any atom is -0.387 e. The van der Waals surface area contributed by atoms with Crippen molar-refractivity contribution in [3.63, 3.8) is 0 Å². The molecule has 7 nitrogen and oxygen atoms in total. The Morgan fingerprint density at radius 3 is 2.85 bits per heavy atom. The Bertz CT molecular complexity index is 633. The first-order valence-electron chi connectivity index (χ1n) is 9.06. The molecule has 2 rings (SSSR count). The van der Waals surface area contributed by atoms with Crippen LogP contribution in [0.25, 0.3) is 0 Å². The van der Waals surface area contributed by atoms with Gasteiger partial charge in [0.1, 0.15) is 0 Å². The van der Waals surface area contributed by atoms with Gasteiger partial charge in [0.05, 0.1) is 37.0 Å². The lowest BCUT2D eigenvalue weighted by atomic mass is 10.1. The maximum Gasteiger partial charge on any atom is 0.191 e. The average Bonchev–Trinajstić information content (AvgIpc) is 2.64. The van der Waals surface area contributed by atoms with Gasteiger partial charge in [0.15, 0.2) is 5.96 Å². The normalized spacial score (nSPS) is 18.0. The Morgan fingerprint density at radius 1 is 1.38 bits per heavy atom. The molecule has 0 aliphatic carbocycles. The lowest BCUT2D eigenvalue weighted by molar-refractivity contribution is -0.0201. The summed E-state index contributed by atoms with van der Waals surface area (Å²) in [6, 6.07) is 9.55. The van der Waals surface area contributed by atoms with Crippen LogP contribution in [0.4, 0.5) is 0 Å². The molecule has 0 saturated carbocycles. The van der Waals surface area contributed by atoms with Gasteiger partial charge in [-0.15, -0.1) is 0 Å². The summed E-state index contributed by atoms with van der Waals surface area (Å²) in [5.41, 5.74) is 0.735. The standard InChI is InChI=1S/C19H29N5O2/c1-3-21-18(22-13-17-6-4-5-16(11-17)12-20)23-14-19(2,25)15-24-7-9-26-10-8-24/h4-6,11,25H,3,7-10,13-15H2,1-2H3,(H2,21,22,23). The molecule has 1 saturated heterocycles. The van der Waals surface area contributed by atoms with Crippen molar-refractivity contribution >= 4 is 5.96 Å². The smallest absolute Gasteiger partial charge is 0.191 e. The van der Waals surface area contributed by atoms with Crippen LogP contribution in [0.15, 0.2) is 29.3 Å². The van der Waals surface area contributed by atoms with Gasteiger partial charge in [0.2, 0.25) is 0 Å². The fraction of sp³-hybridized carbons (Fsp3) is 0.579. The molecule has 1 atom stereocenters. The van der Waals surface area contributed by atoms with Crippen molar-refractivity contribution in [3.8, 4) is 6.07 Å². The van der Waals surface area contributed by atoms with Gasteiger partial charge < -0.3 is 20.5 Å². The fourth-order valence-corrected chi connectivity index (χ4v) is 2.82. The molecule has 0 spiro atoms. The summed E-state index contributed by atoms with van der Waals surface area (Å²) in [5.74, 6) is 0.650. The van der Waals surface area contributed by atoms with Crippen LogP contribution in [0.5, 0.6) is 0 Å². The van der Waals surface area contributed by atoms with Crippen LogP contribution in [0.2, 0.25) is 0 Å². The van der Waals surface area contributed by atoms with Crippen LogP contribution in [-0.2, 0) is 11.3 Å². The molecule has 142 valence electrons. The Hall–Kier alpha value is -2.14. The SMILES string of the molecule is CCNC(=NCc1cccc(C#N)c1)NCC(C)(O)CN1CCOCC1. The maximum absolute atomic E-state index is 10.7. The molecule has 1 aliphatic heterocycles. The molecule has 1 unspecified atom stereocenters. The van der Waals surface area contributed by atoms with Crippen molar-refractivity contribution in [3.05, 3.63) is 35.4 Å². The highest BCUT2D eigenvalue weighted by atomic mass is 16.5. The number of morpholine rings is 1. The van der Waals surface area contributed by atoms with Gasteiger partial charge in [-0.05, 0) is 31.5 Å². The van der Waals surface area contributed by atoms with Gasteiger partial charge in [0, 0.05) is 32.7 Å². The van der Waals surface area contributed by atoms with Crippen molar-refractivity contribution < 1.29 is 9.84 Å². The summed E-state index contributed by atoms with van der Waals surface area (Å²) in [6.45, 7) is 9.14. The number of benzene rings is 1. The van der Waals surface area contributed by atoms with Crippen LogP contribution in [-0.4, -0.2) is 67.5 Å². The number of ether oxygens (including phenoxy) is 1. The van der Waals surface area contributed by atoms with Gasteiger partial charge in [-0.1, -0.05) is 12.1 Å². The molecular formula is C19H29N5O2. The largest absolute Gasteiger partial charge is 0.387 e. The van der Waals surface area contributed by atoms with E-state index in [1.165, 1.54) is 0 Å². The first-order chi connectivity index (χ1) is 12.5. The summed E-state index contributed by atoms with van der Waals surface area (Å²) in [4.78, 5) is 6.76. The third kappa shape index (κ3) is 7.00. The first kappa shape index (κ1) is 20.2. The second-order valence-electron chi connectivity index (χ2n) is 6.75. The Kier molecular flexibility index (Phi) is 7.85. The summed E-state index contributed by atoms with van der Waals surface area (Å²) < 4.78 is 5.35. The van der Waals surface area contributed by atoms with Crippen molar-refractivity contribution in [1.82, 2.24) is 15.5 Å². The van der Waals surface area contributed by atoms with Crippen LogP contribution in [0.3, 0.4) is 0 Å². The van der Waals surface area contributed by atoms with Gasteiger partial charge in [-0.2, -0.15) is 5.26 Å². The third-order valence-corrected chi connectivity index (χ3v) is 4.12. The summed E-state index contributed by atoms with van der Waals surface area (Å²) in [6.07, 6.45) is 0. The Labute approximate surface area is 155 Å². The number of aliphatic imine (C=N–C) groups is 1. The van der Waals surface area contributed by atoms with E-state index in [2.05, 4.69) is 26.6 Å². The molecule has 1 aromatic carbocycles. The monoisotopic (exact) mass is 359 g/mol. The topological polar surface area (TPSA) is 92.9 Å². The number of aliphatic hydroxyl groups is 1. The Balaban J connectivity index is 1.90. The van der Waals surface area contributed by atoms with E-state index in [1.807, 2.05) is 32.0 Å². The fourth-order valence-electron chi connectivity index (χ4n) is 2.82. The van der Waals surface area contributed by atoms with Gasteiger partial charge >= 0.3 is 0 Å². The average molecular weight is 359 g/mol. The number of rotatable bonds is 7. The molecule has 3 N–H and O–H groups in total. The van der Waals surface area contributed by atoms with Crippen molar-refractivity contribution in [2.45, 2.75) is 26.0 Å². The van der Waals surface area contributed by atoms with E-state index in [-0.39, 0.29) is 0 Å². The van der Waals surface area contributed by atoms with Crippen LogP contribution >= 0.6 is 0 Å². The highest BCUT2D eigenvalue weighted by Crippen LogP contribution is 2.08. The number of hydrogen-bond acceptors (Lipinski definition) is 5. The summed E-state index contributed by atoms with van der Waals surface area (Å²) in [7, 11) is 0. The van der Waals surface area contributed by atoms with E-state index in [1.54, 1.807) is 6.07 Å². The van der Waals surface area contributed by atoms with Crippen LogP contribution in [0, 0.1) is 11.3 Å². The second kappa shape index (κ2) is 10.1. The number of β-amino-alcohol motifs (C(OH)–C–C–N with tert-alkyl or cyclic N) is 1. The third-order valence-electron chi connectivity index (χ3n) is 4.12. The minimum atomic E-state index is -0.867. The van der Waals surface area contributed by atoms with Gasteiger partial charge in [-0.3, -0.25) is 4.90 Å². The molecule has 1 aromatic rings. The summed E-state index contributed by atoms with van der Waals surface area (Å²) >= 11 is 0. The zero-order valence-corrected chi connectivity index (χ0v) is 15.7. The highest BCUT2D eigenvalue weighted by Gasteiger charge is 2.25. The molecule has 1 heterocycles. The highest BCUT2D eigenvalue weighted by molar-refractivity contribution is 5.79. The molecule has 0 amide bonds. The van der Waals surface area contributed by atoms with Crippen molar-refractivity contribution in [1.29, 1.82) is 5.26 Å². The molecule has 0 aromatic heterocycles. The quantitative estimate of drug-likeness (QED) is 0.490. The molecule has 0 radical (unpaired) electrons. The molecular weight excluding hydrogens is 330 g/mol. The lowest BCUT2D eigenvalue weighted by Gasteiger charge is -2.34. The van der Waals surface area contributed by atoms with Crippen LogP contribution in [0.1, 0.15) is 25.0 Å². The van der Waals surface area contributed by atoms with Crippen molar-refractivity contribution in [2.75, 3.05) is 45.9 Å². The zero-order chi connectivity index (χ0) is 18.8. The van der Waals surface area contributed by atoms with Gasteiger partial charge in [-0.25, -0.2) is 4.99 Å². The molecule has 0 bridgehead atoms. The predicted molar refractivity (Wildman–Crippen MR) is 102 cm³/mol. The van der Waals surface area contributed by atoms with E-state index in [0.29, 0.717) is 31.2 Å². The van der Waals surface area contributed by atoms with E-state index in [9.17, 15) is 5.11 Å². The van der Waals surface area contributed by atoms with Gasteiger partial charge in [0.25, 0.3) is 0 Å². The van der Waals surface area contributed by atoms with Crippen LogP contribution < -0.4 is 10.6 Å². The number of guanidine groups is 1. The maximum atomic E-state index is 10.7. The number of hydrogen-bond donors (Lipinski definition) is 3. The van der Waals surface area contributed by atoms with E-state index < -0.39 is 5.60 Å². The van der Waals surface area contributed by atoms with Crippen molar-refractivity contribution in [2.24, 2.45) is 4.99 Å². The van der Waals surface area contributed by atoms with E-state index in [0.717, 1.165) is 38.4 Å². The number of nitriles is 1. The molecule has 7 heteroatoms. The molecule has 26 heavy (non-hydrogen) atoms. The number of nitrogens with one attached hydrogen (secondary N) is 2. The summed E-state index contributed by atoms with van der Waals surface area (Å²) in [5, 5.41) is 26.1. The molecule has 1 aliphatic rings. The zero-order valence-electron chi connectivity index (χ0n) is 15.7.